The Balaban J connectivity index is 1.87. The maximum absolute atomic E-state index is 6.44. The van der Waals surface area contributed by atoms with Crippen LogP contribution in [0.5, 0.6) is 0 Å². The molecule has 0 bridgehead atoms. The van der Waals surface area contributed by atoms with Gasteiger partial charge >= 0.3 is 0 Å². The van der Waals surface area contributed by atoms with Crippen LogP contribution in [0.1, 0.15) is 22.4 Å². The van der Waals surface area contributed by atoms with Crippen molar-refractivity contribution in [1.29, 1.82) is 0 Å². The standard InChI is InChI=1S/C16H14ClNO/c1-11-14(8-9-19-11)15(17)10-13-7-6-12-4-2-3-5-16(12)18-13/h2-9,15H,10H2,1H3. The van der Waals surface area contributed by atoms with Crippen molar-refractivity contribution < 1.29 is 4.42 Å². The second-order valence-electron chi connectivity index (χ2n) is 4.60. The molecule has 3 rings (SSSR count). The molecule has 0 N–H and O–H groups in total. The zero-order valence-corrected chi connectivity index (χ0v) is 11.4. The fourth-order valence-corrected chi connectivity index (χ4v) is 2.62. The van der Waals surface area contributed by atoms with Crippen LogP contribution in [0.15, 0.2) is 53.1 Å². The smallest absolute Gasteiger partial charge is 0.105 e. The Bertz CT molecular complexity index is 705. The highest BCUT2D eigenvalue weighted by atomic mass is 35.5. The Labute approximate surface area is 117 Å². The van der Waals surface area contributed by atoms with Crippen molar-refractivity contribution in [1.82, 2.24) is 4.98 Å². The number of fused-ring (bicyclic) bond motifs is 1. The van der Waals surface area contributed by atoms with Crippen LogP contribution in [-0.4, -0.2) is 4.98 Å². The highest BCUT2D eigenvalue weighted by Gasteiger charge is 2.14. The van der Waals surface area contributed by atoms with Crippen molar-refractivity contribution in [2.75, 3.05) is 0 Å². The number of alkyl halides is 1. The lowest BCUT2D eigenvalue weighted by atomic mass is 10.1. The first-order valence-electron chi connectivity index (χ1n) is 6.27. The van der Waals surface area contributed by atoms with E-state index in [1.807, 2.05) is 37.3 Å². The summed E-state index contributed by atoms with van der Waals surface area (Å²) >= 11 is 6.44. The Hall–Kier alpha value is -1.80. The summed E-state index contributed by atoms with van der Waals surface area (Å²) < 4.78 is 5.29. The van der Waals surface area contributed by atoms with Gasteiger partial charge in [0.05, 0.1) is 17.2 Å². The minimum absolute atomic E-state index is 0.104. The number of halogens is 1. The molecule has 2 heterocycles. The third-order valence-electron chi connectivity index (χ3n) is 3.28. The molecular weight excluding hydrogens is 258 g/mol. The molecule has 3 heteroatoms. The van der Waals surface area contributed by atoms with E-state index in [1.165, 1.54) is 0 Å². The van der Waals surface area contributed by atoms with Gasteiger partial charge in [-0.2, -0.15) is 0 Å². The fourth-order valence-electron chi connectivity index (χ4n) is 2.24. The van der Waals surface area contributed by atoms with Crippen LogP contribution in [0.25, 0.3) is 10.9 Å². The quantitative estimate of drug-likeness (QED) is 0.648. The number of pyridine rings is 1. The molecule has 2 nitrogen and oxygen atoms in total. The number of aryl methyl sites for hydroxylation is 1. The van der Waals surface area contributed by atoms with Crippen LogP contribution in [0.3, 0.4) is 0 Å². The second kappa shape index (κ2) is 5.06. The van der Waals surface area contributed by atoms with Crippen LogP contribution in [0.2, 0.25) is 0 Å². The Morgan fingerprint density at radius 2 is 2.00 bits per heavy atom. The Morgan fingerprint density at radius 3 is 2.79 bits per heavy atom. The van der Waals surface area contributed by atoms with Crippen LogP contribution in [0.4, 0.5) is 0 Å². The molecule has 1 atom stereocenters. The van der Waals surface area contributed by atoms with Gasteiger partial charge in [0.25, 0.3) is 0 Å². The van der Waals surface area contributed by atoms with Crippen molar-refractivity contribution in [2.24, 2.45) is 0 Å². The second-order valence-corrected chi connectivity index (χ2v) is 5.13. The van der Waals surface area contributed by atoms with E-state index in [-0.39, 0.29) is 5.38 Å². The van der Waals surface area contributed by atoms with E-state index in [0.717, 1.165) is 27.9 Å². The maximum atomic E-state index is 6.44. The summed E-state index contributed by atoms with van der Waals surface area (Å²) in [7, 11) is 0. The normalized spacial score (nSPS) is 12.7. The summed E-state index contributed by atoms with van der Waals surface area (Å²) in [6.45, 7) is 1.93. The summed E-state index contributed by atoms with van der Waals surface area (Å²) in [6, 6.07) is 14.1. The summed E-state index contributed by atoms with van der Waals surface area (Å²) in [6.07, 6.45) is 2.38. The molecule has 2 aromatic heterocycles. The number of hydrogen-bond donors (Lipinski definition) is 0. The molecule has 0 spiro atoms. The molecule has 3 aromatic rings. The summed E-state index contributed by atoms with van der Waals surface area (Å²) in [4.78, 5) is 4.64. The molecular formula is C16H14ClNO. The molecule has 0 aliphatic carbocycles. The maximum Gasteiger partial charge on any atom is 0.105 e. The van der Waals surface area contributed by atoms with Crippen molar-refractivity contribution in [2.45, 2.75) is 18.7 Å². The lowest BCUT2D eigenvalue weighted by molar-refractivity contribution is 0.529. The van der Waals surface area contributed by atoms with Gasteiger partial charge in [0.2, 0.25) is 0 Å². The average Bonchev–Trinajstić information content (AvgIpc) is 2.85. The molecule has 0 aliphatic heterocycles. The third-order valence-corrected chi connectivity index (χ3v) is 3.67. The van der Waals surface area contributed by atoms with E-state index in [0.29, 0.717) is 6.42 Å². The number of furan rings is 1. The Kier molecular flexibility index (Phi) is 3.26. The van der Waals surface area contributed by atoms with E-state index in [2.05, 4.69) is 17.1 Å². The van der Waals surface area contributed by atoms with Crippen LogP contribution in [-0.2, 0) is 6.42 Å². The van der Waals surface area contributed by atoms with Gasteiger partial charge in [-0.15, -0.1) is 11.6 Å². The number of para-hydroxylation sites is 1. The van der Waals surface area contributed by atoms with Gasteiger partial charge in [-0.1, -0.05) is 24.3 Å². The molecule has 0 fully saturated rings. The summed E-state index contributed by atoms with van der Waals surface area (Å²) in [5.74, 6) is 0.876. The molecule has 0 radical (unpaired) electrons. The Morgan fingerprint density at radius 1 is 1.16 bits per heavy atom. The number of rotatable bonds is 3. The monoisotopic (exact) mass is 271 g/mol. The van der Waals surface area contributed by atoms with Crippen molar-refractivity contribution >= 4 is 22.5 Å². The molecule has 1 aromatic carbocycles. The third kappa shape index (κ3) is 2.49. The van der Waals surface area contributed by atoms with Gasteiger partial charge in [-0.05, 0) is 25.1 Å². The molecule has 0 aliphatic rings. The van der Waals surface area contributed by atoms with E-state index in [1.54, 1.807) is 6.26 Å². The van der Waals surface area contributed by atoms with Gasteiger partial charge in [0.1, 0.15) is 5.76 Å². The van der Waals surface area contributed by atoms with E-state index in [4.69, 9.17) is 16.0 Å². The van der Waals surface area contributed by atoms with E-state index < -0.39 is 0 Å². The lowest BCUT2D eigenvalue weighted by Gasteiger charge is -2.08. The largest absolute Gasteiger partial charge is 0.469 e. The van der Waals surface area contributed by atoms with Crippen molar-refractivity contribution in [3.05, 3.63) is 65.7 Å². The summed E-state index contributed by atoms with van der Waals surface area (Å²) in [5, 5.41) is 1.05. The van der Waals surface area contributed by atoms with E-state index >= 15 is 0 Å². The average molecular weight is 272 g/mol. The first kappa shape index (κ1) is 12.2. The number of hydrogen-bond acceptors (Lipinski definition) is 2. The highest BCUT2D eigenvalue weighted by Crippen LogP contribution is 2.28. The number of benzene rings is 1. The van der Waals surface area contributed by atoms with Crippen molar-refractivity contribution in [3.63, 3.8) is 0 Å². The topological polar surface area (TPSA) is 26.0 Å². The van der Waals surface area contributed by atoms with Gasteiger partial charge < -0.3 is 4.42 Å². The van der Waals surface area contributed by atoms with Crippen LogP contribution in [0, 0.1) is 6.92 Å². The molecule has 19 heavy (non-hydrogen) atoms. The summed E-state index contributed by atoms with van der Waals surface area (Å²) in [5.41, 5.74) is 3.05. The van der Waals surface area contributed by atoms with Crippen LogP contribution >= 0.6 is 11.6 Å². The zero-order valence-electron chi connectivity index (χ0n) is 10.6. The molecule has 96 valence electrons. The highest BCUT2D eigenvalue weighted by molar-refractivity contribution is 6.21. The minimum atomic E-state index is -0.104. The van der Waals surface area contributed by atoms with Crippen molar-refractivity contribution in [3.8, 4) is 0 Å². The first-order valence-corrected chi connectivity index (χ1v) is 6.70. The first-order chi connectivity index (χ1) is 9.24. The molecule has 0 saturated carbocycles. The van der Waals surface area contributed by atoms with Gasteiger partial charge in [0.15, 0.2) is 0 Å². The molecule has 0 amide bonds. The van der Waals surface area contributed by atoms with Gasteiger partial charge in [-0.25, -0.2) is 0 Å². The SMILES string of the molecule is Cc1occc1C(Cl)Cc1ccc2ccccc2n1. The van der Waals surface area contributed by atoms with Gasteiger partial charge in [-0.3, -0.25) is 4.98 Å². The fraction of sp³-hybridized carbons (Fsp3) is 0.188. The lowest BCUT2D eigenvalue weighted by Crippen LogP contribution is -1.98. The van der Waals surface area contributed by atoms with Gasteiger partial charge in [0, 0.05) is 23.1 Å². The predicted octanol–water partition coefficient (Wildman–Crippen LogP) is 4.66. The minimum Gasteiger partial charge on any atom is -0.469 e. The molecule has 1 unspecified atom stereocenters. The zero-order chi connectivity index (χ0) is 13.2. The van der Waals surface area contributed by atoms with Crippen LogP contribution < -0.4 is 0 Å². The predicted molar refractivity (Wildman–Crippen MR) is 77.5 cm³/mol. The molecule has 0 saturated heterocycles. The number of nitrogens with zero attached hydrogens (tertiary/aromatic N) is 1. The van der Waals surface area contributed by atoms with E-state index in [9.17, 15) is 0 Å². The number of aromatic nitrogens is 1.